The van der Waals surface area contributed by atoms with Crippen LogP contribution < -0.4 is 11.1 Å². The molecule has 1 aromatic carbocycles. The maximum Gasteiger partial charge on any atom is 0.0718 e. The normalized spacial score (nSPS) is 10.1. The smallest absolute Gasteiger partial charge is 0.0718 e. The number of benzene rings is 1. The fourth-order valence-corrected chi connectivity index (χ4v) is 1.68. The number of para-hydroxylation sites is 1. The first-order valence-corrected chi connectivity index (χ1v) is 5.32. The van der Waals surface area contributed by atoms with E-state index < -0.39 is 0 Å². The van der Waals surface area contributed by atoms with Crippen LogP contribution in [0.5, 0.6) is 0 Å². The van der Waals surface area contributed by atoms with E-state index in [0.717, 1.165) is 35.4 Å². The summed E-state index contributed by atoms with van der Waals surface area (Å²) in [5.74, 6) is 0. The molecule has 0 aliphatic carbocycles. The van der Waals surface area contributed by atoms with Crippen LogP contribution >= 0.6 is 15.9 Å². The SMILES string of the molecule is COCCCNc1c(N)cccc1Br. The summed E-state index contributed by atoms with van der Waals surface area (Å²) in [6, 6.07) is 5.76. The van der Waals surface area contributed by atoms with Crippen LogP contribution in [-0.2, 0) is 4.74 Å². The summed E-state index contributed by atoms with van der Waals surface area (Å²) in [4.78, 5) is 0. The van der Waals surface area contributed by atoms with E-state index in [1.807, 2.05) is 18.2 Å². The molecule has 0 radical (unpaired) electrons. The molecule has 0 aliphatic heterocycles. The first-order chi connectivity index (χ1) is 6.75. The van der Waals surface area contributed by atoms with Crippen molar-refractivity contribution in [1.29, 1.82) is 0 Å². The number of ether oxygens (including phenoxy) is 1. The zero-order chi connectivity index (χ0) is 10.4. The van der Waals surface area contributed by atoms with Crippen LogP contribution in [0.2, 0.25) is 0 Å². The van der Waals surface area contributed by atoms with E-state index in [4.69, 9.17) is 10.5 Å². The van der Waals surface area contributed by atoms with E-state index in [1.165, 1.54) is 0 Å². The molecule has 0 aromatic heterocycles. The molecule has 0 aliphatic rings. The molecule has 0 amide bonds. The van der Waals surface area contributed by atoms with Crippen LogP contribution in [0.4, 0.5) is 11.4 Å². The fourth-order valence-electron chi connectivity index (χ4n) is 1.16. The lowest BCUT2D eigenvalue weighted by Gasteiger charge is -2.10. The molecule has 0 bridgehead atoms. The second kappa shape index (κ2) is 5.88. The highest BCUT2D eigenvalue weighted by Crippen LogP contribution is 2.27. The maximum absolute atomic E-state index is 5.81. The Balaban J connectivity index is 2.49. The summed E-state index contributed by atoms with van der Waals surface area (Å²) in [6.07, 6.45) is 0.970. The largest absolute Gasteiger partial charge is 0.397 e. The Labute approximate surface area is 92.8 Å². The third-order valence-electron chi connectivity index (χ3n) is 1.87. The zero-order valence-electron chi connectivity index (χ0n) is 8.22. The van der Waals surface area contributed by atoms with Crippen LogP contribution in [-0.4, -0.2) is 20.3 Å². The molecular weight excluding hydrogens is 244 g/mol. The third-order valence-corrected chi connectivity index (χ3v) is 2.53. The van der Waals surface area contributed by atoms with Crippen molar-refractivity contribution >= 4 is 27.3 Å². The van der Waals surface area contributed by atoms with Crippen LogP contribution in [0.25, 0.3) is 0 Å². The first-order valence-electron chi connectivity index (χ1n) is 4.52. The second-order valence-electron chi connectivity index (χ2n) is 2.98. The summed E-state index contributed by atoms with van der Waals surface area (Å²) in [5, 5.41) is 3.26. The molecule has 3 nitrogen and oxygen atoms in total. The Hall–Kier alpha value is -0.740. The lowest BCUT2D eigenvalue weighted by Crippen LogP contribution is -2.07. The molecule has 4 heteroatoms. The molecule has 78 valence electrons. The molecule has 1 rings (SSSR count). The van der Waals surface area contributed by atoms with Crippen LogP contribution in [0, 0.1) is 0 Å². The Morgan fingerprint density at radius 2 is 2.29 bits per heavy atom. The highest BCUT2D eigenvalue weighted by Gasteiger charge is 2.01. The van der Waals surface area contributed by atoms with Gasteiger partial charge in [-0.25, -0.2) is 0 Å². The number of rotatable bonds is 5. The van der Waals surface area contributed by atoms with Gasteiger partial charge in [-0.3, -0.25) is 0 Å². The fraction of sp³-hybridized carbons (Fsp3) is 0.400. The van der Waals surface area contributed by atoms with Crippen molar-refractivity contribution in [1.82, 2.24) is 0 Å². The zero-order valence-corrected chi connectivity index (χ0v) is 9.80. The summed E-state index contributed by atoms with van der Waals surface area (Å²) < 4.78 is 5.95. The summed E-state index contributed by atoms with van der Waals surface area (Å²) in [6.45, 7) is 1.62. The van der Waals surface area contributed by atoms with Crippen LogP contribution in [0.3, 0.4) is 0 Å². The van der Waals surface area contributed by atoms with Gasteiger partial charge in [0.2, 0.25) is 0 Å². The number of anilines is 2. The molecule has 1 aromatic rings. The predicted octanol–water partition coefficient (Wildman–Crippen LogP) is 2.48. The second-order valence-corrected chi connectivity index (χ2v) is 3.83. The lowest BCUT2D eigenvalue weighted by atomic mass is 10.2. The van der Waals surface area contributed by atoms with Gasteiger partial charge in [0.25, 0.3) is 0 Å². The van der Waals surface area contributed by atoms with E-state index in [-0.39, 0.29) is 0 Å². The van der Waals surface area contributed by atoms with Crippen molar-refractivity contribution in [2.75, 3.05) is 31.3 Å². The maximum atomic E-state index is 5.81. The Morgan fingerprint density at radius 1 is 1.50 bits per heavy atom. The summed E-state index contributed by atoms with van der Waals surface area (Å²) in [5.41, 5.74) is 7.53. The van der Waals surface area contributed by atoms with Crippen molar-refractivity contribution in [2.45, 2.75) is 6.42 Å². The number of nitrogens with two attached hydrogens (primary N) is 1. The predicted molar refractivity (Wildman–Crippen MR) is 63.5 cm³/mol. The van der Waals surface area contributed by atoms with E-state index >= 15 is 0 Å². The average Bonchev–Trinajstić information content (AvgIpc) is 2.16. The van der Waals surface area contributed by atoms with Gasteiger partial charge in [0.05, 0.1) is 11.4 Å². The minimum Gasteiger partial charge on any atom is -0.397 e. The van der Waals surface area contributed by atoms with Gasteiger partial charge in [0.1, 0.15) is 0 Å². The van der Waals surface area contributed by atoms with Crippen molar-refractivity contribution in [3.8, 4) is 0 Å². The van der Waals surface area contributed by atoms with Gasteiger partial charge in [-0.1, -0.05) is 6.07 Å². The number of hydrogen-bond acceptors (Lipinski definition) is 3. The van der Waals surface area contributed by atoms with Gasteiger partial charge >= 0.3 is 0 Å². The first kappa shape index (κ1) is 11.3. The number of nitrogens with one attached hydrogen (secondary N) is 1. The van der Waals surface area contributed by atoms with Gasteiger partial charge in [-0.2, -0.15) is 0 Å². The highest BCUT2D eigenvalue weighted by molar-refractivity contribution is 9.10. The van der Waals surface area contributed by atoms with E-state index in [1.54, 1.807) is 7.11 Å². The van der Waals surface area contributed by atoms with Crippen molar-refractivity contribution in [2.24, 2.45) is 0 Å². The molecule has 3 N–H and O–H groups in total. The van der Waals surface area contributed by atoms with Crippen molar-refractivity contribution in [3.05, 3.63) is 22.7 Å². The molecule has 0 atom stereocenters. The van der Waals surface area contributed by atoms with Gasteiger partial charge in [-0.15, -0.1) is 0 Å². The molecule has 0 fully saturated rings. The van der Waals surface area contributed by atoms with Gasteiger partial charge < -0.3 is 15.8 Å². The van der Waals surface area contributed by atoms with Crippen LogP contribution in [0.15, 0.2) is 22.7 Å². The number of nitrogen functional groups attached to an aromatic ring is 1. The third kappa shape index (κ3) is 3.20. The Kier molecular flexibility index (Phi) is 4.76. The number of methoxy groups -OCH3 is 1. The van der Waals surface area contributed by atoms with Crippen molar-refractivity contribution < 1.29 is 4.74 Å². The van der Waals surface area contributed by atoms with Gasteiger partial charge in [0.15, 0.2) is 0 Å². The minimum atomic E-state index is 0.761. The number of hydrogen-bond donors (Lipinski definition) is 2. The molecule has 0 unspecified atom stereocenters. The molecular formula is C10H15BrN2O. The molecule has 14 heavy (non-hydrogen) atoms. The van der Waals surface area contributed by atoms with E-state index in [0.29, 0.717) is 0 Å². The van der Waals surface area contributed by atoms with Crippen molar-refractivity contribution in [3.63, 3.8) is 0 Å². The summed E-state index contributed by atoms with van der Waals surface area (Å²) >= 11 is 3.44. The quantitative estimate of drug-likeness (QED) is 0.630. The van der Waals surface area contributed by atoms with Gasteiger partial charge in [-0.05, 0) is 34.5 Å². The highest BCUT2D eigenvalue weighted by atomic mass is 79.9. The van der Waals surface area contributed by atoms with E-state index in [2.05, 4.69) is 21.2 Å². The topological polar surface area (TPSA) is 47.3 Å². The monoisotopic (exact) mass is 258 g/mol. The minimum absolute atomic E-state index is 0.761. The molecule has 0 saturated carbocycles. The molecule has 0 spiro atoms. The van der Waals surface area contributed by atoms with E-state index in [9.17, 15) is 0 Å². The molecule has 0 saturated heterocycles. The Bertz CT molecular complexity index is 271. The van der Waals surface area contributed by atoms with Crippen LogP contribution in [0.1, 0.15) is 6.42 Å². The standard InChI is InChI=1S/C10H15BrN2O/c1-14-7-3-6-13-10-8(11)4-2-5-9(10)12/h2,4-5,13H,3,6-7,12H2,1H3. The number of halogens is 1. The van der Waals surface area contributed by atoms with Gasteiger partial charge in [0, 0.05) is 24.7 Å². The molecule has 0 heterocycles. The summed E-state index contributed by atoms with van der Waals surface area (Å²) in [7, 11) is 1.70. The average molecular weight is 259 g/mol. The Morgan fingerprint density at radius 3 is 2.93 bits per heavy atom. The lowest BCUT2D eigenvalue weighted by molar-refractivity contribution is 0.198.